The number of hydrogen-bond donors (Lipinski definition) is 2. The first kappa shape index (κ1) is 22.7. The summed E-state index contributed by atoms with van der Waals surface area (Å²) in [5.41, 5.74) is 9.46. The van der Waals surface area contributed by atoms with Crippen LogP contribution in [0.25, 0.3) is 34.3 Å². The lowest BCUT2D eigenvalue weighted by atomic mass is 10.1. The maximum Gasteiger partial charge on any atom is 0.270 e. The number of benzene rings is 1. The number of hydrogen-bond acceptors (Lipinski definition) is 9. The Labute approximate surface area is 202 Å². The van der Waals surface area contributed by atoms with E-state index in [0.717, 1.165) is 36.8 Å². The van der Waals surface area contributed by atoms with E-state index in [2.05, 4.69) is 25.5 Å². The van der Waals surface area contributed by atoms with Gasteiger partial charge in [0.25, 0.3) is 17.3 Å². The van der Waals surface area contributed by atoms with Gasteiger partial charge in [0.2, 0.25) is 0 Å². The summed E-state index contributed by atoms with van der Waals surface area (Å²) >= 11 is 0. The summed E-state index contributed by atoms with van der Waals surface area (Å²) in [6.45, 7) is 0.707. The van der Waals surface area contributed by atoms with Crippen molar-refractivity contribution in [1.82, 2.24) is 30.0 Å². The second-order valence-corrected chi connectivity index (χ2v) is 8.57. The van der Waals surface area contributed by atoms with Gasteiger partial charge in [-0.1, -0.05) is 18.9 Å². The highest BCUT2D eigenvalue weighted by Gasteiger charge is 2.21. The van der Waals surface area contributed by atoms with Crippen LogP contribution in [0, 0.1) is 0 Å². The lowest BCUT2D eigenvalue weighted by Crippen LogP contribution is -2.22. The van der Waals surface area contributed by atoms with Gasteiger partial charge in [-0.05, 0) is 43.7 Å². The molecule has 3 heterocycles. The molecule has 1 aliphatic rings. The second kappa shape index (κ2) is 9.67. The smallest absolute Gasteiger partial charge is 0.270 e. The molecule has 1 fully saturated rings. The molecule has 4 aromatic rings. The van der Waals surface area contributed by atoms with E-state index in [1.807, 2.05) is 31.4 Å². The first-order chi connectivity index (χ1) is 17.1. The summed E-state index contributed by atoms with van der Waals surface area (Å²) in [7, 11) is 3.48. The molecule has 0 amide bonds. The molecule has 5 rings (SSSR count). The molecule has 0 radical (unpaired) electrons. The van der Waals surface area contributed by atoms with Crippen LogP contribution in [-0.4, -0.2) is 38.9 Å². The molecule has 1 saturated carbocycles. The third-order valence-electron chi connectivity index (χ3n) is 6.26. The Bertz CT molecular complexity index is 1410. The van der Waals surface area contributed by atoms with E-state index < -0.39 is 0 Å². The molecule has 10 nitrogen and oxygen atoms in total. The van der Waals surface area contributed by atoms with Crippen LogP contribution in [0.2, 0.25) is 0 Å². The normalized spacial score (nSPS) is 13.9. The van der Waals surface area contributed by atoms with Crippen molar-refractivity contribution in [2.24, 2.45) is 0 Å². The molecule has 0 aliphatic heterocycles. The molecule has 0 unspecified atom stereocenters. The molecule has 0 bridgehead atoms. The highest BCUT2D eigenvalue weighted by Crippen LogP contribution is 2.33. The van der Waals surface area contributed by atoms with Crippen LogP contribution < -0.4 is 21.3 Å². The maximum atomic E-state index is 12.4. The largest absolute Gasteiger partial charge is 0.496 e. The lowest BCUT2D eigenvalue weighted by Gasteiger charge is -2.14. The molecule has 35 heavy (non-hydrogen) atoms. The Hall–Kier alpha value is -4.05. The van der Waals surface area contributed by atoms with Gasteiger partial charge in [-0.15, -0.1) is 10.2 Å². The minimum absolute atomic E-state index is 0.0134. The quantitative estimate of drug-likeness (QED) is 0.414. The molecule has 0 saturated heterocycles. The number of nitrogen functional groups attached to an aromatic ring is 1. The van der Waals surface area contributed by atoms with Crippen molar-refractivity contribution in [3.63, 3.8) is 0 Å². The molecule has 180 valence electrons. The fraction of sp³-hybridized carbons (Fsp3) is 0.320. The summed E-state index contributed by atoms with van der Waals surface area (Å²) < 4.78 is 13.3. The molecule has 10 heteroatoms. The topological polar surface area (TPSA) is 134 Å². The van der Waals surface area contributed by atoms with Crippen molar-refractivity contribution in [3.8, 4) is 40.0 Å². The Morgan fingerprint density at radius 1 is 1.17 bits per heavy atom. The summed E-state index contributed by atoms with van der Waals surface area (Å²) in [6, 6.07) is 9.29. The average molecular weight is 474 g/mol. The number of methoxy groups -OCH3 is 1. The monoisotopic (exact) mass is 473 g/mol. The minimum atomic E-state index is -0.0134. The van der Waals surface area contributed by atoms with E-state index in [1.165, 1.54) is 0 Å². The van der Waals surface area contributed by atoms with Crippen molar-refractivity contribution < 1.29 is 9.15 Å². The van der Waals surface area contributed by atoms with Gasteiger partial charge in [-0.3, -0.25) is 4.79 Å². The molecule has 1 aromatic carbocycles. The zero-order valence-corrected chi connectivity index (χ0v) is 19.7. The Morgan fingerprint density at radius 3 is 2.74 bits per heavy atom. The molecular formula is C25H27N7O3. The van der Waals surface area contributed by atoms with Gasteiger partial charge in [-0.25, -0.2) is 9.97 Å². The fourth-order valence-electron chi connectivity index (χ4n) is 4.47. The van der Waals surface area contributed by atoms with Crippen molar-refractivity contribution in [3.05, 3.63) is 58.6 Å². The number of anilines is 1. The van der Waals surface area contributed by atoms with E-state index >= 15 is 0 Å². The number of nitrogens with two attached hydrogens (primary N) is 1. The molecular weight excluding hydrogens is 446 g/mol. The van der Waals surface area contributed by atoms with Crippen LogP contribution in [0.3, 0.4) is 0 Å². The van der Waals surface area contributed by atoms with E-state index in [1.54, 1.807) is 30.0 Å². The van der Waals surface area contributed by atoms with Gasteiger partial charge in [0.05, 0.1) is 24.6 Å². The number of rotatable bonds is 7. The molecule has 0 spiro atoms. The highest BCUT2D eigenvalue weighted by atomic mass is 16.5. The summed E-state index contributed by atoms with van der Waals surface area (Å²) in [5.74, 6) is 1.23. The van der Waals surface area contributed by atoms with Crippen LogP contribution in [0.15, 0.2) is 51.9 Å². The van der Waals surface area contributed by atoms with Crippen molar-refractivity contribution in [2.75, 3.05) is 19.9 Å². The second-order valence-electron chi connectivity index (χ2n) is 8.57. The first-order valence-corrected chi connectivity index (χ1v) is 11.6. The number of ether oxygens (including phenoxy) is 1. The predicted molar refractivity (Wildman–Crippen MR) is 132 cm³/mol. The Morgan fingerprint density at radius 2 is 1.97 bits per heavy atom. The number of nitrogens with one attached hydrogen (secondary N) is 1. The van der Waals surface area contributed by atoms with Crippen LogP contribution in [0.5, 0.6) is 5.75 Å². The molecule has 3 aromatic heterocycles. The Kier molecular flexibility index (Phi) is 6.28. The standard InChI is InChI=1S/C25H27N7O3/c1-27-12-15-7-9-18(20(11-15)34-2)24-30-31-25(35-24)22-23(26)28-13-19(29-22)16-8-10-21(33)32(14-16)17-5-3-4-6-17/h7-11,13-14,17,27H,3-6,12H2,1-2H3,(H2,26,28). The zero-order chi connectivity index (χ0) is 24.4. The van der Waals surface area contributed by atoms with E-state index in [-0.39, 0.29) is 34.9 Å². The van der Waals surface area contributed by atoms with Crippen molar-refractivity contribution >= 4 is 5.82 Å². The molecule has 3 N–H and O–H groups in total. The van der Waals surface area contributed by atoms with Crippen LogP contribution in [0.1, 0.15) is 37.3 Å². The fourth-order valence-corrected chi connectivity index (χ4v) is 4.47. The van der Waals surface area contributed by atoms with E-state index in [9.17, 15) is 4.79 Å². The summed E-state index contributed by atoms with van der Waals surface area (Å²) in [5, 5.41) is 11.5. The third-order valence-corrected chi connectivity index (χ3v) is 6.26. The van der Waals surface area contributed by atoms with Crippen LogP contribution >= 0.6 is 0 Å². The van der Waals surface area contributed by atoms with Gasteiger partial charge in [0.15, 0.2) is 11.5 Å². The number of nitrogens with zero attached hydrogens (tertiary/aromatic N) is 5. The molecule has 0 atom stereocenters. The summed E-state index contributed by atoms with van der Waals surface area (Å²) in [6.07, 6.45) is 7.71. The SMILES string of the molecule is CNCc1ccc(-c2nnc(-c3nc(-c4ccc(=O)n(C5CCCC5)c4)cnc3N)o2)c(OC)c1. The van der Waals surface area contributed by atoms with E-state index in [0.29, 0.717) is 23.6 Å². The highest BCUT2D eigenvalue weighted by molar-refractivity contribution is 5.69. The average Bonchev–Trinajstić information content (AvgIpc) is 3.58. The van der Waals surface area contributed by atoms with Gasteiger partial charge < -0.3 is 24.8 Å². The minimum Gasteiger partial charge on any atom is -0.496 e. The van der Waals surface area contributed by atoms with Gasteiger partial charge in [0, 0.05) is 30.4 Å². The number of pyridine rings is 1. The maximum absolute atomic E-state index is 12.4. The van der Waals surface area contributed by atoms with Crippen LogP contribution in [0.4, 0.5) is 5.82 Å². The van der Waals surface area contributed by atoms with E-state index in [4.69, 9.17) is 14.9 Å². The third kappa shape index (κ3) is 4.52. The van der Waals surface area contributed by atoms with Gasteiger partial charge >= 0.3 is 0 Å². The van der Waals surface area contributed by atoms with Gasteiger partial charge in [-0.2, -0.15) is 0 Å². The predicted octanol–water partition coefficient (Wildman–Crippen LogP) is 3.45. The number of aromatic nitrogens is 5. The zero-order valence-electron chi connectivity index (χ0n) is 19.7. The first-order valence-electron chi connectivity index (χ1n) is 11.6. The molecule has 1 aliphatic carbocycles. The van der Waals surface area contributed by atoms with Crippen molar-refractivity contribution in [1.29, 1.82) is 0 Å². The van der Waals surface area contributed by atoms with Gasteiger partial charge in [0.1, 0.15) is 5.75 Å². The Balaban J connectivity index is 1.49. The van der Waals surface area contributed by atoms with Crippen molar-refractivity contribution in [2.45, 2.75) is 38.3 Å². The summed E-state index contributed by atoms with van der Waals surface area (Å²) in [4.78, 5) is 21.4. The van der Waals surface area contributed by atoms with Crippen LogP contribution in [-0.2, 0) is 6.54 Å². The lowest BCUT2D eigenvalue weighted by molar-refractivity contribution is 0.413.